The maximum atomic E-state index is 9.28. The number of anilines is 1. The summed E-state index contributed by atoms with van der Waals surface area (Å²) >= 11 is 0. The number of aromatic hydroxyl groups is 2. The maximum absolute atomic E-state index is 9.28. The topological polar surface area (TPSA) is 69.5 Å². The molecule has 0 saturated carbocycles. The summed E-state index contributed by atoms with van der Waals surface area (Å²) < 4.78 is 0. The van der Waals surface area contributed by atoms with E-state index in [2.05, 4.69) is 9.97 Å². The summed E-state index contributed by atoms with van der Waals surface area (Å²) in [6.45, 7) is 0. The first-order valence-corrected chi connectivity index (χ1v) is 5.11. The highest BCUT2D eigenvalue weighted by molar-refractivity contribution is 5.63. The molecule has 88 valence electrons. The van der Waals surface area contributed by atoms with Gasteiger partial charge in [0.2, 0.25) is 5.88 Å². The van der Waals surface area contributed by atoms with Crippen molar-refractivity contribution in [1.29, 1.82) is 0 Å². The zero-order chi connectivity index (χ0) is 12.4. The Kier molecular flexibility index (Phi) is 2.82. The molecular weight excluding hydrogens is 218 g/mol. The molecule has 0 atom stereocenters. The minimum atomic E-state index is -0.434. The summed E-state index contributed by atoms with van der Waals surface area (Å²) in [5, 5.41) is 18.5. The first kappa shape index (κ1) is 11.2. The van der Waals surface area contributed by atoms with Gasteiger partial charge in [-0.05, 0) is 12.1 Å². The van der Waals surface area contributed by atoms with E-state index in [0.29, 0.717) is 5.69 Å². The van der Waals surface area contributed by atoms with E-state index in [1.807, 2.05) is 43.3 Å². The van der Waals surface area contributed by atoms with Gasteiger partial charge in [-0.15, -0.1) is 0 Å². The predicted molar refractivity (Wildman–Crippen MR) is 65.1 cm³/mol. The SMILES string of the molecule is CN(C)c1ccc(-c2cc(O)nc(O)n2)cc1. The largest absolute Gasteiger partial charge is 0.493 e. The van der Waals surface area contributed by atoms with Crippen molar-refractivity contribution in [3.8, 4) is 23.1 Å². The molecule has 0 aliphatic heterocycles. The van der Waals surface area contributed by atoms with Crippen LogP contribution in [0.3, 0.4) is 0 Å². The van der Waals surface area contributed by atoms with Crippen molar-refractivity contribution in [1.82, 2.24) is 9.97 Å². The van der Waals surface area contributed by atoms with Crippen molar-refractivity contribution in [2.45, 2.75) is 0 Å². The summed E-state index contributed by atoms with van der Waals surface area (Å²) in [4.78, 5) is 9.23. The fourth-order valence-corrected chi connectivity index (χ4v) is 1.50. The predicted octanol–water partition coefficient (Wildman–Crippen LogP) is 1.62. The van der Waals surface area contributed by atoms with Crippen molar-refractivity contribution >= 4 is 5.69 Å². The Morgan fingerprint density at radius 3 is 2.18 bits per heavy atom. The molecular formula is C12H13N3O2. The smallest absolute Gasteiger partial charge is 0.317 e. The standard InChI is InChI=1S/C12H13N3O2/c1-15(2)9-5-3-8(4-6-9)10-7-11(16)14-12(17)13-10/h3-7H,1-2H3,(H2,13,14,16,17). The second-order valence-electron chi connectivity index (χ2n) is 3.85. The van der Waals surface area contributed by atoms with E-state index in [1.165, 1.54) is 6.07 Å². The van der Waals surface area contributed by atoms with E-state index >= 15 is 0 Å². The van der Waals surface area contributed by atoms with E-state index in [9.17, 15) is 10.2 Å². The van der Waals surface area contributed by atoms with Gasteiger partial charge in [0.15, 0.2) is 0 Å². The van der Waals surface area contributed by atoms with Gasteiger partial charge in [0.1, 0.15) is 0 Å². The summed E-state index contributed by atoms with van der Waals surface area (Å²) in [7, 11) is 3.91. The van der Waals surface area contributed by atoms with Crippen LogP contribution in [0, 0.1) is 0 Å². The molecule has 0 amide bonds. The van der Waals surface area contributed by atoms with Crippen LogP contribution in [0.1, 0.15) is 0 Å². The van der Waals surface area contributed by atoms with Crippen LogP contribution in [0.25, 0.3) is 11.3 Å². The van der Waals surface area contributed by atoms with Crippen LogP contribution in [-0.4, -0.2) is 34.3 Å². The van der Waals surface area contributed by atoms with Crippen molar-refractivity contribution in [3.63, 3.8) is 0 Å². The molecule has 0 radical (unpaired) electrons. The number of rotatable bonds is 2. The monoisotopic (exact) mass is 231 g/mol. The van der Waals surface area contributed by atoms with Gasteiger partial charge in [0.05, 0.1) is 5.69 Å². The van der Waals surface area contributed by atoms with Crippen LogP contribution in [0.4, 0.5) is 5.69 Å². The second-order valence-corrected chi connectivity index (χ2v) is 3.85. The van der Waals surface area contributed by atoms with Gasteiger partial charge in [-0.3, -0.25) is 0 Å². The third kappa shape index (κ3) is 2.44. The zero-order valence-electron chi connectivity index (χ0n) is 9.62. The zero-order valence-corrected chi connectivity index (χ0v) is 9.62. The van der Waals surface area contributed by atoms with Crippen LogP contribution in [0.5, 0.6) is 11.9 Å². The van der Waals surface area contributed by atoms with Crippen LogP contribution in [0.15, 0.2) is 30.3 Å². The highest BCUT2D eigenvalue weighted by Gasteiger charge is 2.05. The molecule has 5 heteroatoms. The Bertz CT molecular complexity index is 504. The lowest BCUT2D eigenvalue weighted by atomic mass is 10.1. The Morgan fingerprint density at radius 2 is 1.65 bits per heavy atom. The normalized spacial score (nSPS) is 10.2. The number of hydrogen-bond acceptors (Lipinski definition) is 5. The van der Waals surface area contributed by atoms with Crippen molar-refractivity contribution in [2.24, 2.45) is 0 Å². The average molecular weight is 231 g/mol. The van der Waals surface area contributed by atoms with Crippen molar-refractivity contribution in [3.05, 3.63) is 30.3 Å². The van der Waals surface area contributed by atoms with Crippen LogP contribution >= 0.6 is 0 Å². The first-order valence-electron chi connectivity index (χ1n) is 5.11. The molecule has 17 heavy (non-hydrogen) atoms. The Morgan fingerprint density at radius 1 is 1.00 bits per heavy atom. The first-order chi connectivity index (χ1) is 8.06. The molecule has 2 N–H and O–H groups in total. The molecule has 0 unspecified atom stereocenters. The summed E-state index contributed by atoms with van der Waals surface area (Å²) in [5.41, 5.74) is 2.36. The van der Waals surface area contributed by atoms with E-state index in [4.69, 9.17) is 0 Å². The number of nitrogens with zero attached hydrogens (tertiary/aromatic N) is 3. The quantitative estimate of drug-likeness (QED) is 0.822. The number of benzene rings is 1. The lowest BCUT2D eigenvalue weighted by molar-refractivity contribution is 0.398. The lowest BCUT2D eigenvalue weighted by Crippen LogP contribution is -2.07. The third-order valence-electron chi connectivity index (χ3n) is 2.38. The van der Waals surface area contributed by atoms with Crippen molar-refractivity contribution < 1.29 is 10.2 Å². The Balaban J connectivity index is 2.39. The summed E-state index contributed by atoms with van der Waals surface area (Å²) in [6, 6.07) is 8.59. The van der Waals surface area contributed by atoms with Crippen LogP contribution in [0.2, 0.25) is 0 Å². The fourth-order valence-electron chi connectivity index (χ4n) is 1.50. The molecule has 5 nitrogen and oxygen atoms in total. The average Bonchev–Trinajstić information content (AvgIpc) is 2.28. The molecule has 0 aliphatic carbocycles. The highest BCUT2D eigenvalue weighted by atomic mass is 16.3. The molecule has 2 rings (SSSR count). The van der Waals surface area contributed by atoms with Gasteiger partial charge in [-0.2, -0.15) is 9.97 Å². The minimum Gasteiger partial charge on any atom is -0.493 e. The molecule has 1 aromatic carbocycles. The highest BCUT2D eigenvalue weighted by Crippen LogP contribution is 2.24. The van der Waals surface area contributed by atoms with Gasteiger partial charge in [0.25, 0.3) is 0 Å². The van der Waals surface area contributed by atoms with E-state index < -0.39 is 6.01 Å². The third-order valence-corrected chi connectivity index (χ3v) is 2.38. The molecule has 2 aromatic rings. The van der Waals surface area contributed by atoms with E-state index in [1.54, 1.807) is 0 Å². The fraction of sp³-hybridized carbons (Fsp3) is 0.167. The van der Waals surface area contributed by atoms with Gasteiger partial charge < -0.3 is 15.1 Å². The number of hydrogen-bond donors (Lipinski definition) is 2. The van der Waals surface area contributed by atoms with Gasteiger partial charge in [-0.1, -0.05) is 12.1 Å². The summed E-state index contributed by atoms with van der Waals surface area (Å²) in [5.74, 6) is -0.246. The maximum Gasteiger partial charge on any atom is 0.317 e. The molecule has 1 aromatic heterocycles. The molecule has 0 aliphatic rings. The number of aromatic nitrogens is 2. The minimum absolute atomic E-state index is 0.246. The molecule has 0 spiro atoms. The lowest BCUT2D eigenvalue weighted by Gasteiger charge is -2.12. The van der Waals surface area contributed by atoms with Gasteiger partial charge in [-0.25, -0.2) is 0 Å². The summed E-state index contributed by atoms with van der Waals surface area (Å²) in [6.07, 6.45) is 0. The Labute approximate surface area is 99.0 Å². The van der Waals surface area contributed by atoms with Crippen molar-refractivity contribution in [2.75, 3.05) is 19.0 Å². The molecule has 0 fully saturated rings. The molecule has 0 saturated heterocycles. The second kappa shape index (κ2) is 4.29. The Hall–Kier alpha value is -2.30. The molecule has 1 heterocycles. The molecule has 0 bridgehead atoms. The van der Waals surface area contributed by atoms with Crippen LogP contribution < -0.4 is 4.90 Å². The van der Waals surface area contributed by atoms with Gasteiger partial charge in [0, 0.05) is 31.4 Å². The van der Waals surface area contributed by atoms with Crippen LogP contribution in [-0.2, 0) is 0 Å². The van der Waals surface area contributed by atoms with E-state index in [0.717, 1.165) is 11.3 Å². The van der Waals surface area contributed by atoms with Gasteiger partial charge >= 0.3 is 6.01 Å². The van der Waals surface area contributed by atoms with E-state index in [-0.39, 0.29) is 5.88 Å².